The Morgan fingerprint density at radius 2 is 1.62 bits per heavy atom. The fraction of sp³-hybridized carbons (Fsp3) is 0.250. The lowest BCUT2D eigenvalue weighted by Gasteiger charge is -2.17. The van der Waals surface area contributed by atoms with E-state index in [1.54, 1.807) is 25.1 Å². The third kappa shape index (κ3) is 3.25. The van der Waals surface area contributed by atoms with Crippen molar-refractivity contribution in [1.29, 1.82) is 0 Å². The zero-order valence-electron chi connectivity index (χ0n) is 12.1. The molecule has 2 aromatic rings. The first-order valence-corrected chi connectivity index (χ1v) is 6.43. The van der Waals surface area contributed by atoms with E-state index in [4.69, 9.17) is 14.2 Å². The maximum absolute atomic E-state index is 13.3. The van der Waals surface area contributed by atoms with Crippen molar-refractivity contribution in [2.24, 2.45) is 0 Å². The van der Waals surface area contributed by atoms with Crippen molar-refractivity contribution < 1.29 is 23.7 Å². The lowest BCUT2D eigenvalue weighted by Crippen LogP contribution is -1.99. The Morgan fingerprint density at radius 3 is 2.14 bits per heavy atom. The maximum atomic E-state index is 13.3. The Labute approximate surface area is 122 Å². The van der Waals surface area contributed by atoms with Crippen LogP contribution in [0.15, 0.2) is 36.4 Å². The van der Waals surface area contributed by atoms with Gasteiger partial charge in [0, 0.05) is 5.56 Å². The van der Waals surface area contributed by atoms with Gasteiger partial charge in [0.1, 0.15) is 11.6 Å². The third-order valence-corrected chi connectivity index (χ3v) is 3.02. The van der Waals surface area contributed by atoms with Gasteiger partial charge in [-0.25, -0.2) is 4.39 Å². The number of hydrogen-bond donors (Lipinski definition) is 1. The van der Waals surface area contributed by atoms with Crippen LogP contribution in [-0.2, 0) is 0 Å². The van der Waals surface area contributed by atoms with Crippen LogP contribution in [0.25, 0.3) is 0 Å². The molecule has 2 rings (SSSR count). The van der Waals surface area contributed by atoms with Crippen LogP contribution in [-0.4, -0.2) is 19.3 Å². The highest BCUT2D eigenvalue weighted by Crippen LogP contribution is 2.41. The quantitative estimate of drug-likeness (QED) is 0.913. The minimum Gasteiger partial charge on any atom is -0.493 e. The first kappa shape index (κ1) is 15.1. The summed E-state index contributed by atoms with van der Waals surface area (Å²) in [7, 11) is 3.03. The molecular weight excluding hydrogens is 275 g/mol. The number of halogens is 1. The molecule has 0 heterocycles. The summed E-state index contributed by atoms with van der Waals surface area (Å²) < 4.78 is 29.6. The van der Waals surface area contributed by atoms with Gasteiger partial charge in [-0.1, -0.05) is 6.07 Å². The van der Waals surface area contributed by atoms with Gasteiger partial charge in [0.05, 0.1) is 20.3 Å². The summed E-state index contributed by atoms with van der Waals surface area (Å²) in [5, 5.41) is 9.75. The number of rotatable bonds is 5. The van der Waals surface area contributed by atoms with Gasteiger partial charge in [0.2, 0.25) is 5.75 Å². The number of benzene rings is 2. The Kier molecular flexibility index (Phi) is 4.65. The molecule has 0 radical (unpaired) electrons. The van der Waals surface area contributed by atoms with E-state index in [2.05, 4.69) is 0 Å². The van der Waals surface area contributed by atoms with Crippen molar-refractivity contribution >= 4 is 0 Å². The third-order valence-electron chi connectivity index (χ3n) is 3.02. The van der Waals surface area contributed by atoms with Gasteiger partial charge in [0.25, 0.3) is 0 Å². The topological polar surface area (TPSA) is 47.9 Å². The highest BCUT2D eigenvalue weighted by Gasteiger charge is 2.16. The van der Waals surface area contributed by atoms with Crippen molar-refractivity contribution in [3.8, 4) is 23.0 Å². The Balaban J connectivity index is 2.47. The molecule has 0 aliphatic heterocycles. The minimum atomic E-state index is -0.864. The number of aliphatic hydroxyl groups excluding tert-OH is 1. The molecule has 0 saturated heterocycles. The van der Waals surface area contributed by atoms with Crippen molar-refractivity contribution in [3.63, 3.8) is 0 Å². The van der Waals surface area contributed by atoms with Gasteiger partial charge >= 0.3 is 0 Å². The van der Waals surface area contributed by atoms with Crippen LogP contribution in [0.5, 0.6) is 23.0 Å². The molecule has 0 amide bonds. The molecule has 2 aromatic carbocycles. The van der Waals surface area contributed by atoms with Crippen LogP contribution >= 0.6 is 0 Å². The van der Waals surface area contributed by atoms with E-state index in [0.717, 1.165) is 0 Å². The second-order valence-electron chi connectivity index (χ2n) is 4.45. The Morgan fingerprint density at radius 1 is 1.00 bits per heavy atom. The molecule has 0 aromatic heterocycles. The smallest absolute Gasteiger partial charge is 0.211 e. The Bertz CT molecular complexity index is 603. The zero-order chi connectivity index (χ0) is 15.4. The molecule has 4 nitrogen and oxygen atoms in total. The molecule has 0 aliphatic rings. The number of para-hydroxylation sites is 1. The molecule has 0 unspecified atom stereocenters. The molecule has 1 N–H and O–H groups in total. The van der Waals surface area contributed by atoms with Gasteiger partial charge in [-0.2, -0.15) is 0 Å². The fourth-order valence-corrected chi connectivity index (χ4v) is 1.97. The number of hydrogen-bond acceptors (Lipinski definition) is 4. The van der Waals surface area contributed by atoms with Gasteiger partial charge in [-0.15, -0.1) is 0 Å². The maximum Gasteiger partial charge on any atom is 0.211 e. The van der Waals surface area contributed by atoms with Gasteiger partial charge in [0.15, 0.2) is 11.5 Å². The molecule has 1 atom stereocenters. The van der Waals surface area contributed by atoms with E-state index < -0.39 is 11.9 Å². The predicted octanol–water partition coefficient (Wildman–Crippen LogP) is 3.69. The summed E-state index contributed by atoms with van der Waals surface area (Å²) >= 11 is 0. The van der Waals surface area contributed by atoms with Crippen LogP contribution < -0.4 is 14.2 Å². The van der Waals surface area contributed by atoms with Gasteiger partial charge in [-0.05, 0) is 37.3 Å². The van der Waals surface area contributed by atoms with Gasteiger partial charge < -0.3 is 19.3 Å². The average molecular weight is 292 g/mol. The summed E-state index contributed by atoms with van der Waals surface area (Å²) in [6.45, 7) is 1.54. The molecule has 0 spiro atoms. The number of ether oxygens (including phenoxy) is 3. The van der Waals surface area contributed by atoms with Crippen LogP contribution in [0.2, 0.25) is 0 Å². The van der Waals surface area contributed by atoms with Crippen molar-refractivity contribution in [3.05, 3.63) is 47.8 Å². The predicted molar refractivity (Wildman–Crippen MR) is 76.7 cm³/mol. The van der Waals surface area contributed by atoms with E-state index in [1.165, 1.54) is 32.4 Å². The molecule has 0 fully saturated rings. The standard InChI is InChI=1S/C16H17FO4/c1-10(18)12-9-11(17)7-8-13(12)21-16-14(19-2)5-4-6-15(16)20-3/h4-10,18H,1-3H3/t10-/m0/s1. The minimum absolute atomic E-state index is 0.342. The number of methoxy groups -OCH3 is 2. The summed E-state index contributed by atoms with van der Waals surface area (Å²) in [5.41, 5.74) is 0.350. The van der Waals surface area contributed by atoms with E-state index in [0.29, 0.717) is 28.6 Å². The van der Waals surface area contributed by atoms with Crippen LogP contribution in [0, 0.1) is 5.82 Å². The SMILES string of the molecule is COc1cccc(OC)c1Oc1ccc(F)cc1[C@H](C)O. The fourth-order valence-electron chi connectivity index (χ4n) is 1.97. The molecule has 0 bridgehead atoms. The highest BCUT2D eigenvalue weighted by molar-refractivity contribution is 5.54. The van der Waals surface area contributed by atoms with Crippen LogP contribution in [0.4, 0.5) is 4.39 Å². The molecule has 112 valence electrons. The summed E-state index contributed by atoms with van der Waals surface area (Å²) in [6, 6.07) is 9.19. The lowest BCUT2D eigenvalue weighted by atomic mass is 10.1. The van der Waals surface area contributed by atoms with Gasteiger partial charge in [-0.3, -0.25) is 0 Å². The largest absolute Gasteiger partial charge is 0.493 e. The van der Waals surface area contributed by atoms with E-state index >= 15 is 0 Å². The van der Waals surface area contributed by atoms with E-state index in [9.17, 15) is 9.50 Å². The molecule has 5 heteroatoms. The van der Waals surface area contributed by atoms with Crippen molar-refractivity contribution in [1.82, 2.24) is 0 Å². The Hall–Kier alpha value is -2.27. The zero-order valence-corrected chi connectivity index (χ0v) is 12.1. The van der Waals surface area contributed by atoms with E-state index in [-0.39, 0.29) is 0 Å². The number of aliphatic hydroxyl groups is 1. The van der Waals surface area contributed by atoms with Crippen LogP contribution in [0.3, 0.4) is 0 Å². The molecule has 0 saturated carbocycles. The normalized spacial score (nSPS) is 11.9. The molecule has 0 aliphatic carbocycles. The monoisotopic (exact) mass is 292 g/mol. The first-order chi connectivity index (χ1) is 10.1. The summed E-state index contributed by atoms with van der Waals surface area (Å²) in [4.78, 5) is 0. The van der Waals surface area contributed by atoms with Crippen LogP contribution in [0.1, 0.15) is 18.6 Å². The second kappa shape index (κ2) is 6.45. The molecular formula is C16H17FO4. The average Bonchev–Trinajstić information content (AvgIpc) is 2.48. The highest BCUT2D eigenvalue weighted by atomic mass is 19.1. The van der Waals surface area contributed by atoms with Crippen molar-refractivity contribution in [2.75, 3.05) is 14.2 Å². The van der Waals surface area contributed by atoms with E-state index in [1.807, 2.05) is 0 Å². The lowest BCUT2D eigenvalue weighted by molar-refractivity contribution is 0.194. The summed E-state index contributed by atoms with van der Waals surface area (Å²) in [5.74, 6) is 1.24. The first-order valence-electron chi connectivity index (χ1n) is 6.43. The van der Waals surface area contributed by atoms with Crippen molar-refractivity contribution in [2.45, 2.75) is 13.0 Å². The molecule has 21 heavy (non-hydrogen) atoms. The summed E-state index contributed by atoms with van der Waals surface area (Å²) in [6.07, 6.45) is -0.864. The second-order valence-corrected chi connectivity index (χ2v) is 4.45.